The Bertz CT molecular complexity index is 1210. The Morgan fingerprint density at radius 3 is 2.74 bits per heavy atom. The lowest BCUT2D eigenvalue weighted by molar-refractivity contribution is -0.296. The van der Waals surface area contributed by atoms with Gasteiger partial charge in [-0.2, -0.15) is 0 Å². The largest absolute Gasteiger partial charge is 0.435 e. The van der Waals surface area contributed by atoms with Crippen LogP contribution in [0.4, 0.5) is 4.39 Å². The monoisotopic (exact) mass is 479 g/mol. The lowest BCUT2D eigenvalue weighted by atomic mass is 9.94. The van der Waals surface area contributed by atoms with Gasteiger partial charge in [-0.25, -0.2) is 9.37 Å². The van der Waals surface area contributed by atoms with Crippen LogP contribution in [-0.4, -0.2) is 36.1 Å². The highest BCUT2D eigenvalue weighted by Crippen LogP contribution is 2.39. The molecule has 182 valence electrons. The predicted octanol–water partition coefficient (Wildman–Crippen LogP) is 3.79. The number of aryl methyl sites for hydroxylation is 1. The molecule has 2 aliphatic rings. The van der Waals surface area contributed by atoms with Gasteiger partial charge in [-0.1, -0.05) is 42.5 Å². The van der Waals surface area contributed by atoms with Crippen LogP contribution in [0.2, 0.25) is 0 Å². The highest BCUT2D eigenvalue weighted by atomic mass is 19.1. The van der Waals surface area contributed by atoms with Crippen LogP contribution >= 0.6 is 0 Å². The van der Waals surface area contributed by atoms with Gasteiger partial charge in [0.2, 0.25) is 5.89 Å². The Hall–Kier alpha value is -3.53. The van der Waals surface area contributed by atoms with E-state index in [1.165, 1.54) is 12.1 Å². The molecule has 0 amide bonds. The molecule has 9 heteroatoms. The molecule has 0 spiro atoms. The number of halogens is 1. The third-order valence-corrected chi connectivity index (χ3v) is 6.18. The van der Waals surface area contributed by atoms with Gasteiger partial charge in [-0.05, 0) is 19.1 Å². The zero-order chi connectivity index (χ0) is 24.4. The van der Waals surface area contributed by atoms with Crippen molar-refractivity contribution >= 4 is 12.0 Å². The van der Waals surface area contributed by atoms with E-state index in [2.05, 4.69) is 10.3 Å². The van der Waals surface area contributed by atoms with Crippen LogP contribution in [0, 0.1) is 12.7 Å². The summed E-state index contributed by atoms with van der Waals surface area (Å²) in [7, 11) is 0. The molecule has 2 saturated heterocycles. The number of carbonyl (C=O) groups is 1. The standard InChI is InChI=1S/C26H26FN3O5/c1-15-22(13-31)34-25(30-15)21-11-20(29-12-19(28)17-8-5-9-18(27)10-17)24-23(33-21)14-32-26(35-24)16-6-3-2-4-7-16/h2-10,12-13,20-21,23-24,26,29H,11,14,28H2,1H3/b19-12-. The smallest absolute Gasteiger partial charge is 0.224 e. The van der Waals surface area contributed by atoms with Crippen LogP contribution in [0.3, 0.4) is 0 Å². The van der Waals surface area contributed by atoms with Gasteiger partial charge in [0.25, 0.3) is 0 Å². The molecule has 3 aromatic rings. The van der Waals surface area contributed by atoms with E-state index in [9.17, 15) is 9.18 Å². The summed E-state index contributed by atoms with van der Waals surface area (Å²) in [6, 6.07) is 15.5. The average molecular weight is 480 g/mol. The van der Waals surface area contributed by atoms with E-state index in [0.29, 0.717) is 42.2 Å². The molecule has 5 unspecified atom stereocenters. The maximum atomic E-state index is 13.7. The molecule has 3 N–H and O–H groups in total. The zero-order valence-corrected chi connectivity index (χ0v) is 19.1. The lowest BCUT2D eigenvalue weighted by Gasteiger charge is -2.45. The zero-order valence-electron chi connectivity index (χ0n) is 19.1. The fraction of sp³-hybridized carbons (Fsp3) is 0.308. The Morgan fingerprint density at radius 1 is 1.17 bits per heavy atom. The molecule has 0 saturated carbocycles. The number of aromatic nitrogens is 1. The number of nitrogens with zero attached hydrogens (tertiary/aromatic N) is 1. The highest BCUT2D eigenvalue weighted by Gasteiger charge is 2.46. The Balaban J connectivity index is 1.40. The van der Waals surface area contributed by atoms with Gasteiger partial charge in [-0.3, -0.25) is 4.79 Å². The fourth-order valence-corrected chi connectivity index (χ4v) is 4.38. The van der Waals surface area contributed by atoms with Crippen LogP contribution in [0.15, 0.2) is 65.2 Å². The number of hydrogen-bond acceptors (Lipinski definition) is 8. The quantitative estimate of drug-likeness (QED) is 0.514. The molecule has 1 aromatic heterocycles. The van der Waals surface area contributed by atoms with Gasteiger partial charge < -0.3 is 29.7 Å². The van der Waals surface area contributed by atoms with Crippen molar-refractivity contribution in [3.63, 3.8) is 0 Å². The maximum Gasteiger partial charge on any atom is 0.224 e. The summed E-state index contributed by atoms with van der Waals surface area (Å²) in [5, 5.41) is 3.34. The van der Waals surface area contributed by atoms with Crippen molar-refractivity contribution in [2.75, 3.05) is 6.61 Å². The molecule has 35 heavy (non-hydrogen) atoms. The summed E-state index contributed by atoms with van der Waals surface area (Å²) >= 11 is 0. The van der Waals surface area contributed by atoms with Gasteiger partial charge >= 0.3 is 0 Å². The van der Waals surface area contributed by atoms with E-state index in [1.54, 1.807) is 25.3 Å². The van der Waals surface area contributed by atoms with Crippen LogP contribution in [0.25, 0.3) is 5.70 Å². The number of oxazole rings is 1. The molecule has 5 rings (SSSR count). The minimum Gasteiger partial charge on any atom is -0.435 e. The summed E-state index contributed by atoms with van der Waals surface area (Å²) in [6.07, 6.45) is 0.862. The van der Waals surface area contributed by atoms with Crippen molar-refractivity contribution in [1.82, 2.24) is 10.3 Å². The van der Waals surface area contributed by atoms with Crippen LogP contribution in [-0.2, 0) is 14.2 Å². The lowest BCUT2D eigenvalue weighted by Crippen LogP contribution is -2.56. The SMILES string of the molecule is Cc1nc(C2CC(N/C=C(\N)c3cccc(F)c3)C3OC(c4ccccc4)OCC3O2)oc1C=O. The fourth-order valence-electron chi connectivity index (χ4n) is 4.38. The summed E-state index contributed by atoms with van der Waals surface area (Å²) in [5.74, 6) is 0.127. The van der Waals surface area contributed by atoms with Crippen molar-refractivity contribution < 1.29 is 27.8 Å². The van der Waals surface area contributed by atoms with Gasteiger partial charge in [0.15, 0.2) is 18.3 Å². The van der Waals surface area contributed by atoms with Crippen LogP contribution in [0.1, 0.15) is 52.1 Å². The first-order chi connectivity index (χ1) is 17.0. The minimum atomic E-state index is -0.544. The highest BCUT2D eigenvalue weighted by molar-refractivity contribution is 5.71. The van der Waals surface area contributed by atoms with Gasteiger partial charge in [0.05, 0.1) is 24.0 Å². The first-order valence-corrected chi connectivity index (χ1v) is 11.4. The Morgan fingerprint density at radius 2 is 2.00 bits per heavy atom. The minimum absolute atomic E-state index is 0.172. The number of aldehydes is 1. The molecule has 8 nitrogen and oxygen atoms in total. The molecule has 5 atom stereocenters. The summed E-state index contributed by atoms with van der Waals surface area (Å²) in [4.78, 5) is 15.6. The molecule has 2 fully saturated rings. The predicted molar refractivity (Wildman–Crippen MR) is 124 cm³/mol. The Labute approximate surface area is 201 Å². The van der Waals surface area contributed by atoms with E-state index in [4.69, 9.17) is 24.4 Å². The van der Waals surface area contributed by atoms with E-state index in [0.717, 1.165) is 5.56 Å². The average Bonchev–Trinajstić information content (AvgIpc) is 3.27. The number of ether oxygens (including phenoxy) is 3. The number of hydrogen-bond donors (Lipinski definition) is 2. The number of nitrogens with one attached hydrogen (secondary N) is 1. The van der Waals surface area contributed by atoms with Crippen molar-refractivity contribution in [2.45, 2.75) is 44.0 Å². The molecule has 2 aliphatic heterocycles. The van der Waals surface area contributed by atoms with E-state index in [-0.39, 0.29) is 23.7 Å². The molecular formula is C26H26FN3O5. The van der Waals surface area contributed by atoms with Gasteiger partial charge in [-0.15, -0.1) is 0 Å². The van der Waals surface area contributed by atoms with Crippen molar-refractivity contribution in [3.8, 4) is 0 Å². The normalized spacial score (nSPS) is 26.7. The molecule has 0 aliphatic carbocycles. The second-order valence-electron chi connectivity index (χ2n) is 8.58. The maximum absolute atomic E-state index is 13.7. The van der Waals surface area contributed by atoms with E-state index < -0.39 is 18.5 Å². The van der Waals surface area contributed by atoms with Crippen molar-refractivity contribution in [3.05, 3.63) is 95.1 Å². The van der Waals surface area contributed by atoms with Crippen LogP contribution in [0.5, 0.6) is 0 Å². The summed E-state index contributed by atoms with van der Waals surface area (Å²) < 4.78 is 37.8. The van der Waals surface area contributed by atoms with E-state index in [1.807, 2.05) is 30.3 Å². The number of benzene rings is 2. The molecule has 2 aromatic carbocycles. The third-order valence-electron chi connectivity index (χ3n) is 6.18. The van der Waals surface area contributed by atoms with Crippen molar-refractivity contribution in [1.29, 1.82) is 0 Å². The Kier molecular flexibility index (Phi) is 6.63. The number of carbonyl (C=O) groups excluding carboxylic acids is 1. The summed E-state index contributed by atoms with van der Waals surface area (Å²) in [6.45, 7) is 2.00. The second kappa shape index (κ2) is 9.99. The molecule has 0 radical (unpaired) electrons. The molecular weight excluding hydrogens is 453 g/mol. The molecule has 3 heterocycles. The molecule has 0 bridgehead atoms. The number of nitrogens with two attached hydrogens (primary N) is 1. The van der Waals surface area contributed by atoms with Crippen LogP contribution < -0.4 is 11.1 Å². The number of rotatable bonds is 6. The van der Waals surface area contributed by atoms with Gasteiger partial charge in [0, 0.05) is 23.7 Å². The van der Waals surface area contributed by atoms with E-state index >= 15 is 0 Å². The number of fused-ring (bicyclic) bond motifs is 1. The second-order valence-corrected chi connectivity index (χ2v) is 8.58. The summed E-state index contributed by atoms with van der Waals surface area (Å²) in [5.41, 5.74) is 8.57. The first-order valence-electron chi connectivity index (χ1n) is 11.4. The van der Waals surface area contributed by atoms with Gasteiger partial charge in [0.1, 0.15) is 24.1 Å². The van der Waals surface area contributed by atoms with Crippen molar-refractivity contribution in [2.24, 2.45) is 5.73 Å². The third kappa shape index (κ3) is 4.97. The topological polar surface area (TPSA) is 109 Å². The first kappa shape index (κ1) is 23.2.